The Morgan fingerprint density at radius 2 is 1.65 bits per heavy atom. The monoisotopic (exact) mass is 238 g/mol. The summed E-state index contributed by atoms with van der Waals surface area (Å²) >= 11 is 0. The minimum atomic E-state index is -0.539. The molecule has 2 nitrogen and oxygen atoms in total. The maximum absolute atomic E-state index is 13.2. The van der Waals surface area contributed by atoms with Crippen molar-refractivity contribution in [1.29, 1.82) is 0 Å². The second-order valence-electron chi connectivity index (χ2n) is 5.33. The van der Waals surface area contributed by atoms with Gasteiger partial charge in [-0.15, -0.1) is 0 Å². The number of hydrogen-bond acceptors (Lipinski definition) is 2. The van der Waals surface area contributed by atoms with E-state index in [1.807, 2.05) is 0 Å². The highest BCUT2D eigenvalue weighted by Gasteiger charge is 2.48. The molecule has 1 aromatic rings. The van der Waals surface area contributed by atoms with Crippen molar-refractivity contribution in [3.05, 3.63) is 35.4 Å². The van der Waals surface area contributed by atoms with Crippen LogP contribution in [0.25, 0.3) is 0 Å². The van der Waals surface area contributed by atoms with Gasteiger partial charge in [0.1, 0.15) is 11.6 Å². The minimum Gasteiger partial charge on any atom is -0.271 e. The smallest absolute Gasteiger partial charge is 0.126 e. The first-order valence-electron chi connectivity index (χ1n) is 6.09. The van der Waals surface area contributed by atoms with E-state index in [0.717, 1.165) is 30.7 Å². The molecule has 3 unspecified atom stereocenters. The third-order valence-corrected chi connectivity index (χ3v) is 4.17. The molecule has 2 fully saturated rings. The maximum atomic E-state index is 13.2. The Bertz CT molecular complexity index is 405. The van der Waals surface area contributed by atoms with E-state index in [1.165, 1.54) is 18.6 Å². The van der Waals surface area contributed by atoms with Crippen LogP contribution in [0.15, 0.2) is 18.2 Å². The molecule has 1 aromatic carbocycles. The fraction of sp³-hybridized carbons (Fsp3) is 0.538. The zero-order chi connectivity index (χ0) is 12.0. The molecule has 3 atom stereocenters. The van der Waals surface area contributed by atoms with E-state index in [9.17, 15) is 8.78 Å². The number of nitrogens with two attached hydrogens (primary N) is 1. The third-order valence-electron chi connectivity index (χ3n) is 4.17. The summed E-state index contributed by atoms with van der Waals surface area (Å²) < 4.78 is 26.4. The van der Waals surface area contributed by atoms with Gasteiger partial charge in [0.2, 0.25) is 0 Å². The molecule has 17 heavy (non-hydrogen) atoms. The second kappa shape index (κ2) is 4.03. The second-order valence-corrected chi connectivity index (χ2v) is 5.33. The molecule has 2 aliphatic carbocycles. The molecule has 0 radical (unpaired) electrons. The van der Waals surface area contributed by atoms with E-state index in [-0.39, 0.29) is 6.04 Å². The molecule has 0 saturated heterocycles. The largest absolute Gasteiger partial charge is 0.271 e. The molecule has 2 aliphatic rings. The number of nitrogens with one attached hydrogen (secondary N) is 1. The van der Waals surface area contributed by atoms with Gasteiger partial charge in [0, 0.05) is 12.1 Å². The predicted octanol–water partition coefficient (Wildman–Crippen LogP) is 2.52. The van der Waals surface area contributed by atoms with Crippen molar-refractivity contribution >= 4 is 0 Å². The van der Waals surface area contributed by atoms with Crippen LogP contribution < -0.4 is 11.3 Å². The molecule has 0 spiro atoms. The van der Waals surface area contributed by atoms with Gasteiger partial charge in [-0.25, -0.2) is 8.78 Å². The Labute approximate surface area is 99.2 Å². The van der Waals surface area contributed by atoms with Crippen LogP contribution in [0, 0.1) is 29.4 Å². The summed E-state index contributed by atoms with van der Waals surface area (Å²) in [5.74, 6) is 6.54. The predicted molar refractivity (Wildman–Crippen MR) is 60.7 cm³/mol. The van der Waals surface area contributed by atoms with E-state index < -0.39 is 11.6 Å². The molecule has 3 N–H and O–H groups in total. The Morgan fingerprint density at radius 1 is 1.06 bits per heavy atom. The van der Waals surface area contributed by atoms with Gasteiger partial charge in [0.15, 0.2) is 0 Å². The van der Waals surface area contributed by atoms with Gasteiger partial charge >= 0.3 is 0 Å². The number of benzene rings is 1. The number of hydrogen-bond donors (Lipinski definition) is 2. The van der Waals surface area contributed by atoms with Gasteiger partial charge in [0.25, 0.3) is 0 Å². The van der Waals surface area contributed by atoms with Crippen LogP contribution >= 0.6 is 0 Å². The van der Waals surface area contributed by atoms with E-state index >= 15 is 0 Å². The number of hydrazine groups is 1. The van der Waals surface area contributed by atoms with Gasteiger partial charge < -0.3 is 0 Å². The lowest BCUT2D eigenvalue weighted by atomic mass is 9.89. The average Bonchev–Trinajstić information content (AvgIpc) is 2.86. The lowest BCUT2D eigenvalue weighted by molar-refractivity contribution is 0.343. The van der Waals surface area contributed by atoms with E-state index in [4.69, 9.17) is 5.84 Å². The summed E-state index contributed by atoms with van der Waals surface area (Å²) in [5.41, 5.74) is 3.34. The van der Waals surface area contributed by atoms with Crippen molar-refractivity contribution in [2.45, 2.75) is 25.3 Å². The highest BCUT2D eigenvalue weighted by Crippen LogP contribution is 2.57. The normalized spacial score (nSPS) is 32.3. The van der Waals surface area contributed by atoms with Crippen LogP contribution in [0.1, 0.15) is 30.9 Å². The topological polar surface area (TPSA) is 38.0 Å². The summed E-state index contributed by atoms with van der Waals surface area (Å²) in [6, 6.07) is 3.51. The highest BCUT2D eigenvalue weighted by molar-refractivity contribution is 5.23. The van der Waals surface area contributed by atoms with Crippen LogP contribution in [-0.4, -0.2) is 0 Å². The Hall–Kier alpha value is -1.00. The van der Waals surface area contributed by atoms with Gasteiger partial charge in [-0.1, -0.05) is 0 Å². The lowest BCUT2D eigenvalue weighted by Crippen LogP contribution is -2.33. The maximum Gasteiger partial charge on any atom is 0.126 e. The Morgan fingerprint density at radius 3 is 2.18 bits per heavy atom. The molecule has 0 aliphatic heterocycles. The van der Waals surface area contributed by atoms with Crippen molar-refractivity contribution in [3.8, 4) is 0 Å². The molecule has 0 bridgehead atoms. The highest BCUT2D eigenvalue weighted by atomic mass is 19.1. The number of halogens is 2. The molecule has 92 valence electrons. The van der Waals surface area contributed by atoms with Crippen LogP contribution in [0.4, 0.5) is 8.78 Å². The van der Waals surface area contributed by atoms with Gasteiger partial charge in [0.05, 0.1) is 0 Å². The summed E-state index contributed by atoms with van der Waals surface area (Å²) in [4.78, 5) is 0. The van der Waals surface area contributed by atoms with E-state index in [2.05, 4.69) is 5.43 Å². The summed E-state index contributed by atoms with van der Waals surface area (Å²) in [5, 5.41) is 0. The van der Waals surface area contributed by atoms with E-state index in [0.29, 0.717) is 11.5 Å². The lowest BCUT2D eigenvalue weighted by Gasteiger charge is -2.24. The average molecular weight is 238 g/mol. The zero-order valence-corrected chi connectivity index (χ0v) is 9.50. The van der Waals surface area contributed by atoms with Crippen LogP contribution in [0.2, 0.25) is 0 Å². The zero-order valence-electron chi connectivity index (χ0n) is 9.50. The third kappa shape index (κ3) is 2.07. The fourth-order valence-electron chi connectivity index (χ4n) is 3.29. The van der Waals surface area contributed by atoms with Gasteiger partial charge in [-0.05, 0) is 54.7 Å². The first kappa shape index (κ1) is 11.1. The standard InChI is InChI=1S/C13H16F2N2/c14-11-4-10(5-12(15)6-11)13(17-16)9-2-7-1-8(7)3-9/h4-9,13,17H,1-3,16H2. The van der Waals surface area contributed by atoms with Crippen molar-refractivity contribution in [1.82, 2.24) is 5.43 Å². The van der Waals surface area contributed by atoms with Crippen molar-refractivity contribution < 1.29 is 8.78 Å². The SMILES string of the molecule is NNC(c1cc(F)cc(F)c1)C1CC2CC2C1. The molecule has 2 saturated carbocycles. The first-order chi connectivity index (χ1) is 8.17. The molecule has 0 amide bonds. The molecule has 0 aromatic heterocycles. The molecule has 4 heteroatoms. The van der Waals surface area contributed by atoms with Gasteiger partial charge in [-0.3, -0.25) is 11.3 Å². The first-order valence-corrected chi connectivity index (χ1v) is 6.09. The fourth-order valence-corrected chi connectivity index (χ4v) is 3.29. The minimum absolute atomic E-state index is 0.131. The summed E-state index contributed by atoms with van der Waals surface area (Å²) in [7, 11) is 0. The quantitative estimate of drug-likeness (QED) is 0.627. The Kier molecular flexibility index (Phi) is 2.64. The van der Waals surface area contributed by atoms with Crippen molar-refractivity contribution in [2.24, 2.45) is 23.6 Å². The number of fused-ring (bicyclic) bond motifs is 1. The molecule has 3 rings (SSSR count). The molecular weight excluding hydrogens is 222 g/mol. The molecular formula is C13H16F2N2. The number of rotatable bonds is 3. The van der Waals surface area contributed by atoms with E-state index in [1.54, 1.807) is 0 Å². The summed E-state index contributed by atoms with van der Waals surface area (Å²) in [6.07, 6.45) is 3.57. The van der Waals surface area contributed by atoms with Crippen molar-refractivity contribution in [3.63, 3.8) is 0 Å². The molecule has 0 heterocycles. The van der Waals surface area contributed by atoms with Crippen LogP contribution in [0.3, 0.4) is 0 Å². The summed E-state index contributed by atoms with van der Waals surface area (Å²) in [6.45, 7) is 0. The van der Waals surface area contributed by atoms with Crippen molar-refractivity contribution in [2.75, 3.05) is 0 Å². The Balaban J connectivity index is 1.83. The van der Waals surface area contributed by atoms with Crippen LogP contribution in [0.5, 0.6) is 0 Å². The van der Waals surface area contributed by atoms with Crippen LogP contribution in [-0.2, 0) is 0 Å². The van der Waals surface area contributed by atoms with Gasteiger partial charge in [-0.2, -0.15) is 0 Å².